The van der Waals surface area contributed by atoms with Crippen LogP contribution < -0.4 is 9.47 Å². The van der Waals surface area contributed by atoms with Gasteiger partial charge >= 0.3 is 0 Å². The van der Waals surface area contributed by atoms with Crippen molar-refractivity contribution in [2.45, 2.75) is 19.9 Å². The van der Waals surface area contributed by atoms with Crippen LogP contribution in [0.3, 0.4) is 0 Å². The minimum Gasteiger partial charge on any atom is -0.497 e. The van der Waals surface area contributed by atoms with Gasteiger partial charge in [0.2, 0.25) is 0 Å². The molecule has 0 spiro atoms. The number of ether oxygens (including phenoxy) is 2. The van der Waals surface area contributed by atoms with Gasteiger partial charge < -0.3 is 14.0 Å². The van der Waals surface area contributed by atoms with Crippen LogP contribution in [0.4, 0.5) is 0 Å². The third-order valence-electron chi connectivity index (χ3n) is 5.67. The number of nitrogens with one attached hydrogen (secondary N) is 1. The third-order valence-corrected chi connectivity index (χ3v) is 6.56. The van der Waals surface area contributed by atoms with Crippen molar-refractivity contribution < 1.29 is 14.3 Å². The largest absolute Gasteiger partial charge is 0.497 e. The van der Waals surface area contributed by atoms with Gasteiger partial charge in [-0.1, -0.05) is 36.0 Å². The molecule has 0 saturated carbocycles. The van der Waals surface area contributed by atoms with Gasteiger partial charge in [0.25, 0.3) is 5.91 Å². The van der Waals surface area contributed by atoms with Crippen molar-refractivity contribution in [2.24, 2.45) is 4.99 Å². The molecular formula is C26H24N4O3S. The van der Waals surface area contributed by atoms with Crippen molar-refractivity contribution in [3.63, 3.8) is 0 Å². The fourth-order valence-electron chi connectivity index (χ4n) is 4.05. The number of hydrogen-bond acceptors (Lipinski definition) is 5. The number of aromatic nitrogens is 1. The molecule has 0 saturated heterocycles. The highest BCUT2D eigenvalue weighted by Gasteiger charge is 2.33. The van der Waals surface area contributed by atoms with E-state index in [0.29, 0.717) is 17.3 Å². The van der Waals surface area contributed by atoms with E-state index in [1.54, 1.807) is 18.1 Å². The third kappa shape index (κ3) is 4.24. The van der Waals surface area contributed by atoms with E-state index >= 15 is 0 Å². The second-order valence-electron chi connectivity index (χ2n) is 7.99. The Labute approximate surface area is 201 Å². The molecule has 7 nitrogen and oxygen atoms in total. The number of carbonyl (C=O) groups excluding carboxylic acids is 1. The Kier molecular flexibility index (Phi) is 5.98. The average Bonchev–Trinajstić information content (AvgIpc) is 3.39. The van der Waals surface area contributed by atoms with Crippen LogP contribution in [0.2, 0.25) is 0 Å². The molecule has 1 amide bonds. The van der Waals surface area contributed by atoms with Crippen molar-refractivity contribution in [3.05, 3.63) is 77.0 Å². The Morgan fingerprint density at radius 3 is 2.82 bits per heavy atom. The van der Waals surface area contributed by atoms with E-state index in [0.717, 1.165) is 45.8 Å². The second kappa shape index (κ2) is 9.23. The summed E-state index contributed by atoms with van der Waals surface area (Å²) in [5, 5.41) is 10.1. The fourth-order valence-corrected chi connectivity index (χ4v) is 4.87. The average molecular weight is 473 g/mol. The summed E-state index contributed by atoms with van der Waals surface area (Å²) in [5.41, 5.74) is 2.25. The molecule has 34 heavy (non-hydrogen) atoms. The molecule has 0 aliphatic carbocycles. The van der Waals surface area contributed by atoms with Crippen molar-refractivity contribution >= 4 is 45.7 Å². The van der Waals surface area contributed by atoms with E-state index in [2.05, 4.69) is 15.6 Å². The predicted octanol–water partition coefficient (Wildman–Crippen LogP) is 5.29. The molecular weight excluding hydrogens is 448 g/mol. The first-order valence-corrected chi connectivity index (χ1v) is 11.8. The molecule has 2 aromatic carbocycles. The summed E-state index contributed by atoms with van der Waals surface area (Å²) >= 11 is 1.41. The van der Waals surface area contributed by atoms with Gasteiger partial charge in [-0.25, -0.2) is 0 Å². The molecule has 0 atom stereocenters. The van der Waals surface area contributed by atoms with E-state index in [4.69, 9.17) is 14.9 Å². The number of allylic oxidation sites excluding steroid dienone is 1. The molecule has 172 valence electrons. The normalized spacial score (nSPS) is 16.6. The number of fused-ring (bicyclic) bond motifs is 2. The fraction of sp³-hybridized carbons (Fsp3) is 0.192. The van der Waals surface area contributed by atoms with Gasteiger partial charge in [-0.05, 0) is 37.6 Å². The second-order valence-corrected chi connectivity index (χ2v) is 9.21. The Bertz CT molecular complexity index is 1390. The Morgan fingerprint density at radius 2 is 1.97 bits per heavy atom. The summed E-state index contributed by atoms with van der Waals surface area (Å²) < 4.78 is 13.3. The number of methoxy groups -OCH3 is 1. The highest BCUT2D eigenvalue weighted by molar-refractivity contribution is 8.17. The van der Waals surface area contributed by atoms with Gasteiger partial charge in [-0.3, -0.25) is 15.1 Å². The maximum Gasteiger partial charge on any atom is 0.283 e. The number of aliphatic imine (C=N–C) groups is 1. The molecule has 3 aromatic rings. The monoisotopic (exact) mass is 472 g/mol. The van der Waals surface area contributed by atoms with Gasteiger partial charge in [0.05, 0.1) is 19.3 Å². The van der Waals surface area contributed by atoms with Crippen LogP contribution in [-0.4, -0.2) is 40.1 Å². The smallest absolute Gasteiger partial charge is 0.283 e. The number of thioether (sulfide) groups is 1. The number of carbonyl (C=O) groups is 1. The first kappa shape index (κ1) is 22.0. The Hall–Kier alpha value is -3.78. The molecule has 8 heteroatoms. The van der Waals surface area contributed by atoms with Crippen LogP contribution in [-0.2, 0) is 11.3 Å². The highest BCUT2D eigenvalue weighted by Crippen LogP contribution is 2.33. The number of amidine groups is 2. The molecule has 0 radical (unpaired) electrons. The predicted molar refractivity (Wildman–Crippen MR) is 136 cm³/mol. The molecule has 0 unspecified atom stereocenters. The molecule has 1 N–H and O–H groups in total. The molecule has 3 heterocycles. The summed E-state index contributed by atoms with van der Waals surface area (Å²) in [6, 6.07) is 15.7. The van der Waals surface area contributed by atoms with Crippen LogP contribution in [0.25, 0.3) is 17.0 Å². The summed E-state index contributed by atoms with van der Waals surface area (Å²) in [6.45, 7) is 3.26. The standard InChI is InChI=1S/C26H24N4O3S/c1-17-15-30-24(27)22(25(31)28-26(30)34-17)13-18-16-29(23-10-4-3-9-21(18)23)11-6-12-33-20-8-5-7-19(14-20)32-2/h3-5,7-10,13-16,27H,6,11-12H2,1-2H3. The van der Waals surface area contributed by atoms with Crippen molar-refractivity contribution in [2.75, 3.05) is 13.7 Å². The van der Waals surface area contributed by atoms with Crippen molar-refractivity contribution in [1.82, 2.24) is 9.47 Å². The lowest BCUT2D eigenvalue weighted by Crippen LogP contribution is -2.35. The van der Waals surface area contributed by atoms with E-state index in [1.165, 1.54) is 11.8 Å². The van der Waals surface area contributed by atoms with E-state index < -0.39 is 0 Å². The molecule has 2 aliphatic heterocycles. The van der Waals surface area contributed by atoms with Gasteiger partial charge in [-0.15, -0.1) is 0 Å². The van der Waals surface area contributed by atoms with E-state index in [-0.39, 0.29) is 11.7 Å². The molecule has 5 rings (SSSR count). The summed E-state index contributed by atoms with van der Waals surface area (Å²) in [4.78, 5) is 19.6. The number of benzene rings is 2. The maximum atomic E-state index is 12.7. The first-order valence-electron chi connectivity index (χ1n) is 11.0. The lowest BCUT2D eigenvalue weighted by Gasteiger charge is -2.22. The maximum absolute atomic E-state index is 12.7. The zero-order valence-electron chi connectivity index (χ0n) is 18.9. The number of hydrogen-bond donors (Lipinski definition) is 1. The Balaban J connectivity index is 1.36. The number of para-hydroxylation sites is 1. The summed E-state index contributed by atoms with van der Waals surface area (Å²) in [5.74, 6) is 1.32. The number of aryl methyl sites for hydroxylation is 1. The number of amides is 1. The van der Waals surface area contributed by atoms with E-state index in [1.807, 2.05) is 61.8 Å². The van der Waals surface area contributed by atoms with Gasteiger partial charge in [0, 0.05) is 46.4 Å². The van der Waals surface area contributed by atoms with Crippen LogP contribution in [0.5, 0.6) is 11.5 Å². The first-order chi connectivity index (χ1) is 16.5. The lowest BCUT2D eigenvalue weighted by atomic mass is 10.1. The number of rotatable bonds is 7. The van der Waals surface area contributed by atoms with Crippen LogP contribution >= 0.6 is 11.8 Å². The van der Waals surface area contributed by atoms with Crippen LogP contribution in [0, 0.1) is 5.41 Å². The highest BCUT2D eigenvalue weighted by atomic mass is 32.2. The van der Waals surface area contributed by atoms with E-state index in [9.17, 15) is 4.79 Å². The zero-order valence-corrected chi connectivity index (χ0v) is 19.8. The number of nitrogens with zero attached hydrogens (tertiary/aromatic N) is 3. The minimum absolute atomic E-state index is 0.155. The van der Waals surface area contributed by atoms with Crippen molar-refractivity contribution in [3.8, 4) is 11.5 Å². The summed E-state index contributed by atoms with van der Waals surface area (Å²) in [6.07, 6.45) is 6.46. The molecule has 2 aliphatic rings. The topological polar surface area (TPSA) is 79.9 Å². The van der Waals surface area contributed by atoms with Crippen molar-refractivity contribution in [1.29, 1.82) is 5.41 Å². The Morgan fingerprint density at radius 1 is 1.15 bits per heavy atom. The van der Waals surface area contributed by atoms with Gasteiger partial charge in [0.1, 0.15) is 17.3 Å². The lowest BCUT2D eigenvalue weighted by molar-refractivity contribution is -0.114. The van der Waals surface area contributed by atoms with Gasteiger partial charge in [-0.2, -0.15) is 4.99 Å². The minimum atomic E-state index is -0.379. The molecule has 0 fully saturated rings. The SMILES string of the molecule is COc1cccc(OCCCn2cc(C=C3C(=N)N4C=C(C)SC4=NC3=O)c3ccccc32)c1. The molecule has 0 bridgehead atoms. The quantitative estimate of drug-likeness (QED) is 0.374. The summed E-state index contributed by atoms with van der Waals surface area (Å²) in [7, 11) is 1.64. The van der Waals surface area contributed by atoms with Gasteiger partial charge in [0.15, 0.2) is 5.17 Å². The van der Waals surface area contributed by atoms with Crippen LogP contribution in [0.15, 0.2) is 76.4 Å². The zero-order chi connectivity index (χ0) is 23.7. The van der Waals surface area contributed by atoms with Crippen LogP contribution in [0.1, 0.15) is 18.9 Å². The molecule has 1 aromatic heterocycles.